The van der Waals surface area contributed by atoms with E-state index in [-0.39, 0.29) is 6.15 Å². The van der Waals surface area contributed by atoms with E-state index >= 15 is 0 Å². The summed E-state index contributed by atoms with van der Waals surface area (Å²) in [6.07, 6.45) is 34.6. The maximum atomic E-state index is 2.36. The molecule has 0 aliphatic heterocycles. The van der Waals surface area contributed by atoms with Crippen molar-refractivity contribution in [3.05, 3.63) is 0 Å². The van der Waals surface area contributed by atoms with Gasteiger partial charge in [0.1, 0.15) is 0 Å². The van der Waals surface area contributed by atoms with Crippen LogP contribution in [0.5, 0.6) is 0 Å². The Morgan fingerprint density at radius 1 is 0.289 bits per heavy atom. The Labute approximate surface area is 245 Å². The van der Waals surface area contributed by atoms with E-state index in [1.54, 1.807) is 25.3 Å². The zero-order valence-corrected chi connectivity index (χ0v) is 28.8. The van der Waals surface area contributed by atoms with Crippen molar-refractivity contribution < 1.29 is 4.48 Å². The molecule has 0 rings (SSSR count). The van der Waals surface area contributed by atoms with E-state index in [9.17, 15) is 0 Å². The Morgan fingerprint density at radius 3 is 0.921 bits per heavy atom. The fourth-order valence-electron chi connectivity index (χ4n) is 6.81. The van der Waals surface area contributed by atoms with Gasteiger partial charge in [0, 0.05) is 6.15 Å². The van der Waals surface area contributed by atoms with Crippen molar-refractivity contribution in [2.45, 2.75) is 209 Å². The van der Waals surface area contributed by atoms with Gasteiger partial charge in [-0.25, -0.2) is 0 Å². The maximum Gasteiger partial charge on any atom is 0.0786 e. The first-order valence-corrected chi connectivity index (χ1v) is 18.6. The minimum absolute atomic E-state index is 0.0215. The van der Waals surface area contributed by atoms with E-state index in [4.69, 9.17) is 0 Å². The van der Waals surface area contributed by atoms with Crippen molar-refractivity contribution in [3.8, 4) is 0 Å². The first-order valence-electron chi connectivity index (χ1n) is 18.6. The lowest BCUT2D eigenvalue weighted by atomic mass is 9.17. The number of rotatable bonds is 28. The summed E-state index contributed by atoms with van der Waals surface area (Å²) in [5.74, 6) is 0. The highest BCUT2D eigenvalue weighted by Crippen LogP contribution is 2.34. The molecule has 1 nitrogen and oxygen atoms in total. The van der Waals surface area contributed by atoms with Crippen molar-refractivity contribution in [1.29, 1.82) is 0 Å². The molecule has 0 unspecified atom stereocenters. The Balaban J connectivity index is 0. The van der Waals surface area contributed by atoms with Crippen LogP contribution >= 0.6 is 0 Å². The Morgan fingerprint density at radius 2 is 0.579 bits per heavy atom. The molecule has 0 radical (unpaired) electrons. The van der Waals surface area contributed by atoms with E-state index in [1.807, 2.05) is 0 Å². The monoisotopic (exact) mass is 538 g/mol. The van der Waals surface area contributed by atoms with Crippen LogP contribution < -0.4 is 0 Å². The van der Waals surface area contributed by atoms with Gasteiger partial charge >= 0.3 is 0 Å². The normalized spacial score (nSPS) is 12.0. The highest BCUT2D eigenvalue weighted by Gasteiger charge is 2.25. The van der Waals surface area contributed by atoms with Crippen molar-refractivity contribution in [2.75, 3.05) is 26.2 Å². The van der Waals surface area contributed by atoms with Crippen molar-refractivity contribution in [2.24, 2.45) is 0 Å². The number of hydrogen-bond acceptors (Lipinski definition) is 0. The molecule has 0 spiro atoms. The van der Waals surface area contributed by atoms with E-state index in [0.29, 0.717) is 0 Å². The lowest BCUT2D eigenvalue weighted by Crippen LogP contribution is -2.50. The van der Waals surface area contributed by atoms with Crippen LogP contribution in [0.4, 0.5) is 0 Å². The summed E-state index contributed by atoms with van der Waals surface area (Å²) < 4.78 is 1.43. The molecule has 2 heteroatoms. The second kappa shape index (κ2) is 30.0. The van der Waals surface area contributed by atoms with Gasteiger partial charge in [0.15, 0.2) is 0 Å². The molecule has 0 saturated carbocycles. The van der Waals surface area contributed by atoms with Gasteiger partial charge in [-0.15, -0.1) is 0 Å². The summed E-state index contributed by atoms with van der Waals surface area (Å²) in [6.45, 7) is 24.5. The molecule has 0 aromatic carbocycles. The third-order valence-corrected chi connectivity index (χ3v) is 9.62. The average Bonchev–Trinajstić information content (AvgIpc) is 2.94. The van der Waals surface area contributed by atoms with Gasteiger partial charge < -0.3 is 4.48 Å². The third-order valence-electron chi connectivity index (χ3n) is 9.62. The molecule has 0 heterocycles. The quantitative estimate of drug-likeness (QED) is 0.0529. The van der Waals surface area contributed by atoms with Gasteiger partial charge in [0.2, 0.25) is 0 Å². The molecule has 0 aromatic heterocycles. The van der Waals surface area contributed by atoms with Crippen LogP contribution in [0.25, 0.3) is 0 Å². The third kappa shape index (κ3) is 22.8. The Bertz CT molecular complexity index is 352. The first-order chi connectivity index (χ1) is 18.5. The summed E-state index contributed by atoms with van der Waals surface area (Å²) in [5, 5.41) is 0. The van der Waals surface area contributed by atoms with Gasteiger partial charge in [0.05, 0.1) is 26.2 Å². The van der Waals surface area contributed by atoms with Gasteiger partial charge in [-0.2, -0.15) is 25.3 Å². The summed E-state index contributed by atoms with van der Waals surface area (Å²) in [5.41, 5.74) is 0. The molecular weight excluding hydrogens is 457 g/mol. The topological polar surface area (TPSA) is 0 Å². The van der Waals surface area contributed by atoms with Crippen molar-refractivity contribution in [1.82, 2.24) is 0 Å². The average molecular weight is 538 g/mol. The van der Waals surface area contributed by atoms with Crippen LogP contribution in [-0.2, 0) is 0 Å². The highest BCUT2D eigenvalue weighted by atomic mass is 15.3. The van der Waals surface area contributed by atoms with Crippen molar-refractivity contribution in [3.63, 3.8) is 0 Å². The second-order valence-electron chi connectivity index (χ2n) is 13.4. The predicted octanol–water partition coefficient (Wildman–Crippen LogP) is 13.2. The summed E-state index contributed by atoms with van der Waals surface area (Å²) in [7, 11) is 0. The van der Waals surface area contributed by atoms with Gasteiger partial charge in [0.25, 0.3) is 0 Å². The van der Waals surface area contributed by atoms with Crippen LogP contribution in [0.3, 0.4) is 0 Å². The SMILES string of the molecule is CCCCCC[B-](CCCC)(CCCC)CCCC.CCCCCC[N+](CCCC)(CCCC)CCCC. The van der Waals surface area contributed by atoms with Gasteiger partial charge in [-0.05, 0) is 32.1 Å². The van der Waals surface area contributed by atoms with Crippen LogP contribution in [0.15, 0.2) is 0 Å². The zero-order valence-electron chi connectivity index (χ0n) is 28.8. The summed E-state index contributed by atoms with van der Waals surface area (Å²) in [6, 6.07) is 0. The molecule has 0 bridgehead atoms. The second-order valence-corrected chi connectivity index (χ2v) is 13.4. The van der Waals surface area contributed by atoms with Crippen LogP contribution in [0, 0.1) is 0 Å². The molecular formula is C36H80BN. The molecule has 38 heavy (non-hydrogen) atoms. The summed E-state index contributed by atoms with van der Waals surface area (Å²) >= 11 is 0. The maximum absolute atomic E-state index is 2.36. The number of unbranched alkanes of at least 4 members (excludes halogenated alkanes) is 12. The van der Waals surface area contributed by atoms with E-state index < -0.39 is 0 Å². The van der Waals surface area contributed by atoms with E-state index in [1.165, 1.54) is 159 Å². The van der Waals surface area contributed by atoms with Crippen LogP contribution in [-0.4, -0.2) is 36.8 Å². The highest BCUT2D eigenvalue weighted by molar-refractivity contribution is 6.79. The molecule has 0 saturated heterocycles. The molecule has 0 amide bonds. The summed E-state index contributed by atoms with van der Waals surface area (Å²) in [4.78, 5) is 0. The minimum Gasteiger partial charge on any atom is -0.324 e. The Hall–Kier alpha value is 0.0249. The predicted molar refractivity (Wildman–Crippen MR) is 182 cm³/mol. The fraction of sp³-hybridized carbons (Fsp3) is 1.00. The van der Waals surface area contributed by atoms with Crippen LogP contribution in [0.2, 0.25) is 25.3 Å². The minimum atomic E-state index is -0.0215. The zero-order chi connectivity index (χ0) is 28.8. The first kappa shape index (κ1) is 40.2. The number of nitrogens with zero attached hydrogens (tertiary/aromatic N) is 1. The lowest BCUT2D eigenvalue weighted by Gasteiger charge is -2.40. The molecule has 0 aliphatic rings. The molecule has 0 aromatic rings. The lowest BCUT2D eigenvalue weighted by molar-refractivity contribution is -0.929. The Kier molecular flexibility index (Phi) is 31.7. The molecule has 0 atom stereocenters. The van der Waals surface area contributed by atoms with Gasteiger partial charge in [-0.3, -0.25) is 0 Å². The molecule has 0 N–H and O–H groups in total. The molecule has 0 fully saturated rings. The van der Waals surface area contributed by atoms with E-state index in [2.05, 4.69) is 55.4 Å². The van der Waals surface area contributed by atoms with Crippen molar-refractivity contribution >= 4 is 6.15 Å². The van der Waals surface area contributed by atoms with Crippen LogP contribution in [0.1, 0.15) is 184 Å². The smallest absolute Gasteiger partial charge is 0.0786 e. The molecule has 232 valence electrons. The number of quaternary nitrogens is 1. The fourth-order valence-corrected chi connectivity index (χ4v) is 6.81. The largest absolute Gasteiger partial charge is 0.324 e. The molecule has 0 aliphatic carbocycles. The van der Waals surface area contributed by atoms with Gasteiger partial charge in [-0.1, -0.05) is 152 Å². The standard InChI is InChI=1S/C18H40B.C18H40N/c2*1-5-9-13-14-18-19(15-10-6-2,16-11-7-3)17-12-8-4/h2*5-18H2,1-4H3/q-1;+1. The number of hydrogen-bond donors (Lipinski definition) is 0. The van der Waals surface area contributed by atoms with E-state index in [0.717, 1.165) is 0 Å².